The van der Waals surface area contributed by atoms with Crippen molar-refractivity contribution in [3.8, 4) is 5.75 Å². The number of carbonyl (C=O) groups excluding carboxylic acids is 1. The third-order valence-corrected chi connectivity index (χ3v) is 4.97. The van der Waals surface area contributed by atoms with Gasteiger partial charge in [-0.3, -0.25) is 4.79 Å². The summed E-state index contributed by atoms with van der Waals surface area (Å²) < 4.78 is 0. The maximum atomic E-state index is 13.0. The number of benzene rings is 3. The van der Waals surface area contributed by atoms with Crippen LogP contribution in [0.2, 0.25) is 0 Å². The fourth-order valence-electron chi connectivity index (χ4n) is 3.59. The molecule has 0 unspecified atom stereocenters. The molecule has 1 aromatic heterocycles. The summed E-state index contributed by atoms with van der Waals surface area (Å²) in [5.41, 5.74) is 3.97. The zero-order chi connectivity index (χ0) is 19.3. The van der Waals surface area contributed by atoms with Crippen LogP contribution < -0.4 is 5.32 Å². The average Bonchev–Trinajstić information content (AvgIpc) is 3.12. The Kier molecular flexibility index (Phi) is 5.11. The molecule has 0 aliphatic carbocycles. The summed E-state index contributed by atoms with van der Waals surface area (Å²) in [7, 11) is 0. The number of phenols is 1. The van der Waals surface area contributed by atoms with Crippen molar-refractivity contribution < 1.29 is 9.90 Å². The number of rotatable bonds is 6. The van der Waals surface area contributed by atoms with Gasteiger partial charge in [0.15, 0.2) is 0 Å². The summed E-state index contributed by atoms with van der Waals surface area (Å²) in [5, 5.41) is 13.7. The van der Waals surface area contributed by atoms with E-state index < -0.39 is 0 Å². The van der Waals surface area contributed by atoms with Gasteiger partial charge in [0, 0.05) is 29.7 Å². The second kappa shape index (κ2) is 8.01. The number of aromatic nitrogens is 1. The number of H-pyrrole nitrogens is 1. The predicted molar refractivity (Wildman–Crippen MR) is 111 cm³/mol. The molecule has 0 radical (unpaired) electrons. The zero-order valence-electron chi connectivity index (χ0n) is 15.4. The van der Waals surface area contributed by atoms with Gasteiger partial charge in [-0.15, -0.1) is 0 Å². The molecule has 0 spiro atoms. The molecule has 140 valence electrons. The average molecular weight is 370 g/mol. The Labute approximate surface area is 163 Å². The molecule has 3 aromatic carbocycles. The molecular weight excluding hydrogens is 348 g/mol. The van der Waals surface area contributed by atoms with Gasteiger partial charge in [0.25, 0.3) is 0 Å². The van der Waals surface area contributed by atoms with Crippen LogP contribution in [0.5, 0.6) is 5.75 Å². The number of phenolic OH excluding ortho intramolecular Hbond substituents is 1. The minimum absolute atomic E-state index is 0.00474. The van der Waals surface area contributed by atoms with Crippen LogP contribution in [0.4, 0.5) is 0 Å². The Morgan fingerprint density at radius 3 is 2.21 bits per heavy atom. The molecule has 0 aliphatic rings. The standard InChI is InChI=1S/C24H22N2O2/c27-20-11-12-21-19(16-26-22(21)15-20)13-14-25-24(28)23(17-7-3-1-4-8-17)18-9-5-2-6-10-18/h1-12,15-16,23,26-27H,13-14H2,(H,25,28). The molecule has 0 aliphatic heterocycles. The predicted octanol–water partition coefficient (Wildman–Crippen LogP) is 4.36. The Morgan fingerprint density at radius 1 is 0.929 bits per heavy atom. The van der Waals surface area contributed by atoms with E-state index in [4.69, 9.17) is 0 Å². The first-order valence-electron chi connectivity index (χ1n) is 9.39. The van der Waals surface area contributed by atoms with E-state index in [9.17, 15) is 9.90 Å². The Bertz CT molecular complexity index is 1030. The van der Waals surface area contributed by atoms with Gasteiger partial charge in [0.1, 0.15) is 5.75 Å². The Morgan fingerprint density at radius 2 is 1.57 bits per heavy atom. The molecule has 4 aromatic rings. The summed E-state index contributed by atoms with van der Waals surface area (Å²) in [4.78, 5) is 16.2. The van der Waals surface area contributed by atoms with Crippen LogP contribution in [-0.2, 0) is 11.2 Å². The van der Waals surface area contributed by atoms with Crippen molar-refractivity contribution in [2.75, 3.05) is 6.54 Å². The third kappa shape index (κ3) is 3.76. The number of aromatic hydroxyl groups is 1. The first-order valence-corrected chi connectivity index (χ1v) is 9.39. The number of fused-ring (bicyclic) bond motifs is 1. The van der Waals surface area contributed by atoms with Crippen LogP contribution in [0.15, 0.2) is 85.1 Å². The number of nitrogens with one attached hydrogen (secondary N) is 2. The second-order valence-electron chi connectivity index (χ2n) is 6.84. The highest BCUT2D eigenvalue weighted by Crippen LogP contribution is 2.25. The van der Waals surface area contributed by atoms with Gasteiger partial charge in [-0.05, 0) is 35.2 Å². The molecule has 4 heteroatoms. The summed E-state index contributed by atoms with van der Waals surface area (Å²) in [6, 6.07) is 25.0. The quantitative estimate of drug-likeness (QED) is 0.472. The van der Waals surface area contributed by atoms with Crippen LogP contribution in [0.3, 0.4) is 0 Å². The molecule has 0 saturated heterocycles. The van der Waals surface area contributed by atoms with Crippen molar-refractivity contribution in [3.63, 3.8) is 0 Å². The largest absolute Gasteiger partial charge is 0.508 e. The lowest BCUT2D eigenvalue weighted by atomic mass is 9.90. The van der Waals surface area contributed by atoms with Crippen LogP contribution in [-0.4, -0.2) is 22.5 Å². The lowest BCUT2D eigenvalue weighted by molar-refractivity contribution is -0.121. The first-order chi connectivity index (χ1) is 13.7. The van der Waals surface area contributed by atoms with Crippen molar-refractivity contribution in [2.24, 2.45) is 0 Å². The van der Waals surface area contributed by atoms with Crippen LogP contribution in [0, 0.1) is 0 Å². The molecule has 4 rings (SSSR count). The highest BCUT2D eigenvalue weighted by atomic mass is 16.3. The van der Waals surface area contributed by atoms with Gasteiger partial charge in [-0.1, -0.05) is 60.7 Å². The van der Waals surface area contributed by atoms with E-state index in [2.05, 4.69) is 10.3 Å². The molecule has 0 atom stereocenters. The molecular formula is C24H22N2O2. The normalized spacial score (nSPS) is 11.0. The number of carbonyl (C=O) groups is 1. The van der Waals surface area contributed by atoms with E-state index in [0.717, 1.165) is 27.6 Å². The van der Waals surface area contributed by atoms with E-state index in [1.54, 1.807) is 12.1 Å². The minimum Gasteiger partial charge on any atom is -0.508 e. The number of amides is 1. The number of hydrogen-bond donors (Lipinski definition) is 3. The molecule has 28 heavy (non-hydrogen) atoms. The van der Waals surface area contributed by atoms with Crippen LogP contribution in [0.25, 0.3) is 10.9 Å². The van der Waals surface area contributed by atoms with Gasteiger partial charge in [-0.25, -0.2) is 0 Å². The first kappa shape index (κ1) is 17.9. The van der Waals surface area contributed by atoms with Crippen molar-refractivity contribution in [2.45, 2.75) is 12.3 Å². The molecule has 1 amide bonds. The van der Waals surface area contributed by atoms with Gasteiger partial charge >= 0.3 is 0 Å². The highest BCUT2D eigenvalue weighted by molar-refractivity contribution is 5.87. The molecule has 0 bridgehead atoms. The van der Waals surface area contributed by atoms with E-state index in [-0.39, 0.29) is 17.6 Å². The molecule has 0 saturated carbocycles. The number of hydrogen-bond acceptors (Lipinski definition) is 2. The van der Waals surface area contributed by atoms with Gasteiger partial charge < -0.3 is 15.4 Å². The van der Waals surface area contributed by atoms with Crippen LogP contribution in [0.1, 0.15) is 22.6 Å². The maximum Gasteiger partial charge on any atom is 0.232 e. The van der Waals surface area contributed by atoms with Gasteiger partial charge in [0.2, 0.25) is 5.91 Å². The summed E-state index contributed by atoms with van der Waals surface area (Å²) >= 11 is 0. The van der Waals surface area contributed by atoms with Crippen molar-refractivity contribution in [1.29, 1.82) is 0 Å². The molecule has 0 fully saturated rings. The molecule has 3 N–H and O–H groups in total. The topological polar surface area (TPSA) is 65.1 Å². The monoisotopic (exact) mass is 370 g/mol. The minimum atomic E-state index is -0.331. The van der Waals surface area contributed by atoms with E-state index >= 15 is 0 Å². The summed E-state index contributed by atoms with van der Waals surface area (Å²) in [6.07, 6.45) is 2.65. The molecule has 4 nitrogen and oxygen atoms in total. The van der Waals surface area contributed by atoms with E-state index in [1.165, 1.54) is 0 Å². The lowest BCUT2D eigenvalue weighted by Crippen LogP contribution is -2.31. The summed E-state index contributed by atoms with van der Waals surface area (Å²) in [6.45, 7) is 0.544. The number of aromatic amines is 1. The molecule has 1 heterocycles. The second-order valence-corrected chi connectivity index (χ2v) is 6.84. The Hall–Kier alpha value is -3.53. The van der Waals surface area contributed by atoms with Crippen molar-refractivity contribution in [1.82, 2.24) is 10.3 Å². The van der Waals surface area contributed by atoms with Crippen molar-refractivity contribution in [3.05, 3.63) is 102 Å². The smallest absolute Gasteiger partial charge is 0.232 e. The zero-order valence-corrected chi connectivity index (χ0v) is 15.4. The van der Waals surface area contributed by atoms with E-state index in [0.29, 0.717) is 13.0 Å². The van der Waals surface area contributed by atoms with Gasteiger partial charge in [0.05, 0.1) is 5.92 Å². The van der Waals surface area contributed by atoms with E-state index in [1.807, 2.05) is 72.9 Å². The van der Waals surface area contributed by atoms with Gasteiger partial charge in [-0.2, -0.15) is 0 Å². The third-order valence-electron chi connectivity index (χ3n) is 4.97. The van der Waals surface area contributed by atoms with Crippen LogP contribution >= 0.6 is 0 Å². The van der Waals surface area contributed by atoms with Crippen molar-refractivity contribution >= 4 is 16.8 Å². The maximum absolute atomic E-state index is 13.0. The highest BCUT2D eigenvalue weighted by Gasteiger charge is 2.22. The fraction of sp³-hybridized carbons (Fsp3) is 0.125. The lowest BCUT2D eigenvalue weighted by Gasteiger charge is -2.18. The SMILES string of the molecule is O=C(NCCc1c[nH]c2cc(O)ccc12)C(c1ccccc1)c1ccccc1. The fourth-order valence-corrected chi connectivity index (χ4v) is 3.59. The Balaban J connectivity index is 1.49. The summed E-state index contributed by atoms with van der Waals surface area (Å²) in [5.74, 6) is -0.0973.